The molecule has 7 nitrogen and oxygen atoms in total. The van der Waals surface area contributed by atoms with Crippen LogP contribution in [-0.2, 0) is 23.9 Å². The summed E-state index contributed by atoms with van der Waals surface area (Å²) in [5.41, 5.74) is 2.32. The first-order valence-electron chi connectivity index (χ1n) is 13.1. The Labute approximate surface area is 216 Å². The second kappa shape index (κ2) is 14.5. The van der Waals surface area contributed by atoms with Gasteiger partial charge in [0.1, 0.15) is 18.7 Å². The Morgan fingerprint density at radius 3 is 2.42 bits per heavy atom. The number of nitrogens with one attached hydrogen (secondary N) is 1. The van der Waals surface area contributed by atoms with Crippen molar-refractivity contribution in [1.29, 1.82) is 0 Å². The highest BCUT2D eigenvalue weighted by Crippen LogP contribution is 2.35. The summed E-state index contributed by atoms with van der Waals surface area (Å²) in [6.45, 7) is 8.70. The van der Waals surface area contributed by atoms with E-state index < -0.39 is 30.1 Å². The van der Waals surface area contributed by atoms with Gasteiger partial charge in [-0.1, -0.05) is 64.7 Å². The number of carbonyl (C=O) groups is 3. The molecule has 0 aromatic heterocycles. The van der Waals surface area contributed by atoms with Crippen molar-refractivity contribution < 1.29 is 23.9 Å². The van der Waals surface area contributed by atoms with Gasteiger partial charge in [0.05, 0.1) is 0 Å². The maximum absolute atomic E-state index is 13.2. The van der Waals surface area contributed by atoms with Crippen LogP contribution in [0.4, 0.5) is 5.69 Å². The fourth-order valence-corrected chi connectivity index (χ4v) is 4.64. The molecule has 1 amide bonds. The largest absolute Gasteiger partial charge is 0.464 e. The maximum Gasteiger partial charge on any atom is 0.303 e. The van der Waals surface area contributed by atoms with Crippen LogP contribution < -0.4 is 10.2 Å². The van der Waals surface area contributed by atoms with Gasteiger partial charge in [0, 0.05) is 44.1 Å². The number of rotatable bonds is 10. The smallest absolute Gasteiger partial charge is 0.303 e. The van der Waals surface area contributed by atoms with Gasteiger partial charge in [-0.05, 0) is 30.5 Å². The number of benzene rings is 1. The van der Waals surface area contributed by atoms with E-state index in [9.17, 15) is 14.4 Å². The number of anilines is 1. The second-order valence-electron chi connectivity index (χ2n) is 9.84. The van der Waals surface area contributed by atoms with Gasteiger partial charge >= 0.3 is 11.9 Å². The Hall–Kier alpha value is -3.01. The van der Waals surface area contributed by atoms with Crippen molar-refractivity contribution in [2.24, 2.45) is 5.92 Å². The molecule has 36 heavy (non-hydrogen) atoms. The second-order valence-corrected chi connectivity index (χ2v) is 9.84. The van der Waals surface area contributed by atoms with E-state index in [1.54, 1.807) is 0 Å². The average Bonchev–Trinajstić information content (AvgIpc) is 2.81. The van der Waals surface area contributed by atoms with Crippen LogP contribution in [0.15, 0.2) is 18.2 Å². The van der Waals surface area contributed by atoms with E-state index in [4.69, 9.17) is 9.47 Å². The summed E-state index contributed by atoms with van der Waals surface area (Å²) in [7, 11) is 1.87. The lowest BCUT2D eigenvalue weighted by atomic mass is 9.92. The molecule has 1 heterocycles. The zero-order valence-corrected chi connectivity index (χ0v) is 22.7. The number of likely N-dealkylation sites (N-methyl/N-ethyl adjacent to an activating group) is 1. The Balaban J connectivity index is 2.40. The van der Waals surface area contributed by atoms with Crippen molar-refractivity contribution in [2.75, 3.05) is 18.6 Å². The Morgan fingerprint density at radius 2 is 1.78 bits per heavy atom. The quantitative estimate of drug-likeness (QED) is 0.280. The Morgan fingerprint density at radius 1 is 1.08 bits per heavy atom. The van der Waals surface area contributed by atoms with Gasteiger partial charge in [0.15, 0.2) is 6.10 Å². The minimum Gasteiger partial charge on any atom is -0.464 e. The van der Waals surface area contributed by atoms with E-state index >= 15 is 0 Å². The molecule has 1 aliphatic heterocycles. The van der Waals surface area contributed by atoms with Gasteiger partial charge in [0.2, 0.25) is 5.91 Å². The van der Waals surface area contributed by atoms with Gasteiger partial charge in [-0.15, -0.1) is 0 Å². The first-order valence-corrected chi connectivity index (χ1v) is 13.1. The SMILES string of the molecule is CCCCCCCCC#Cc1ccc2c(c1)[C@@H](OC(C)=O)[C@@H](COC(C)=O)NC(=O)[C@H](C(C)C)N2C. The summed E-state index contributed by atoms with van der Waals surface area (Å²) >= 11 is 0. The minimum absolute atomic E-state index is 0.0132. The molecule has 3 atom stereocenters. The highest BCUT2D eigenvalue weighted by Gasteiger charge is 2.39. The molecule has 0 spiro atoms. The standard InChI is InChI=1S/C29H42N2O5/c1-7-8-9-10-11-12-13-14-15-23-16-17-26-24(18-23)28(36-22(5)33)25(19-35-21(4)32)30-29(34)27(20(2)3)31(26)6/h16-18,20,25,27-28H,7-13,19H2,1-6H3,(H,30,34)/t25-,27+,28-/m1/s1. The molecule has 0 saturated carbocycles. The van der Waals surface area contributed by atoms with Crippen LogP contribution in [0.5, 0.6) is 0 Å². The van der Waals surface area contributed by atoms with Crippen molar-refractivity contribution in [3.8, 4) is 11.8 Å². The molecule has 0 unspecified atom stereocenters. The molecular weight excluding hydrogens is 456 g/mol. The zero-order valence-electron chi connectivity index (χ0n) is 22.7. The Kier molecular flexibility index (Phi) is 11.8. The number of ether oxygens (including phenoxy) is 2. The topological polar surface area (TPSA) is 84.9 Å². The summed E-state index contributed by atoms with van der Waals surface area (Å²) in [6.07, 6.45) is 7.31. The van der Waals surface area contributed by atoms with Gasteiger partial charge < -0.3 is 19.7 Å². The summed E-state index contributed by atoms with van der Waals surface area (Å²) in [6, 6.07) is 4.60. The van der Waals surface area contributed by atoms with Crippen molar-refractivity contribution in [3.63, 3.8) is 0 Å². The van der Waals surface area contributed by atoms with Crippen LogP contribution in [0, 0.1) is 17.8 Å². The highest BCUT2D eigenvalue weighted by atomic mass is 16.6. The summed E-state index contributed by atoms with van der Waals surface area (Å²) in [5.74, 6) is 5.36. The molecule has 0 aliphatic carbocycles. The van der Waals surface area contributed by atoms with Crippen molar-refractivity contribution in [1.82, 2.24) is 5.32 Å². The average molecular weight is 499 g/mol. The number of unbranched alkanes of at least 4 members (excludes halogenated alkanes) is 6. The normalized spacial score (nSPS) is 19.4. The number of fused-ring (bicyclic) bond motifs is 1. The van der Waals surface area contributed by atoms with E-state index in [2.05, 4.69) is 24.1 Å². The lowest BCUT2D eigenvalue weighted by Gasteiger charge is -2.40. The Bertz CT molecular complexity index is 962. The molecule has 1 N–H and O–H groups in total. The molecule has 7 heteroatoms. The van der Waals surface area contributed by atoms with Crippen LogP contribution in [0.2, 0.25) is 0 Å². The number of amides is 1. The van der Waals surface area contributed by atoms with Gasteiger partial charge in [-0.25, -0.2) is 0 Å². The molecule has 1 aromatic carbocycles. The molecule has 2 rings (SSSR count). The van der Waals surface area contributed by atoms with Gasteiger partial charge in [-0.3, -0.25) is 14.4 Å². The molecule has 1 aliphatic rings. The fraction of sp³-hybridized carbons (Fsp3) is 0.621. The van der Waals surface area contributed by atoms with Crippen molar-refractivity contribution in [3.05, 3.63) is 29.3 Å². The third kappa shape index (κ3) is 8.58. The molecule has 0 fully saturated rings. The number of esters is 2. The van der Waals surface area contributed by atoms with E-state index in [1.807, 2.05) is 44.0 Å². The van der Waals surface area contributed by atoms with Crippen LogP contribution in [0.25, 0.3) is 0 Å². The molecule has 0 saturated heterocycles. The van der Waals surface area contributed by atoms with Crippen LogP contribution in [0.1, 0.15) is 96.8 Å². The lowest BCUT2D eigenvalue weighted by Crippen LogP contribution is -2.56. The molecule has 198 valence electrons. The van der Waals surface area contributed by atoms with Crippen LogP contribution >= 0.6 is 0 Å². The number of nitrogens with zero attached hydrogens (tertiary/aromatic N) is 1. The summed E-state index contributed by atoms with van der Waals surface area (Å²) in [5, 5.41) is 2.96. The maximum atomic E-state index is 13.2. The lowest BCUT2D eigenvalue weighted by molar-refractivity contribution is -0.153. The predicted molar refractivity (Wildman–Crippen MR) is 141 cm³/mol. The fourth-order valence-electron chi connectivity index (χ4n) is 4.64. The number of carbonyl (C=O) groups excluding carboxylic acids is 3. The third-order valence-corrected chi connectivity index (χ3v) is 6.37. The van der Waals surface area contributed by atoms with Crippen LogP contribution in [-0.4, -0.2) is 43.6 Å². The molecular formula is C29H42N2O5. The molecule has 0 radical (unpaired) electrons. The monoisotopic (exact) mass is 498 g/mol. The van der Waals surface area contributed by atoms with Crippen LogP contribution in [0.3, 0.4) is 0 Å². The van der Waals surface area contributed by atoms with E-state index in [-0.39, 0.29) is 18.4 Å². The first-order chi connectivity index (χ1) is 17.1. The molecule has 1 aromatic rings. The molecule has 0 bridgehead atoms. The zero-order chi connectivity index (χ0) is 26.7. The van der Waals surface area contributed by atoms with E-state index in [0.717, 1.165) is 29.7 Å². The van der Waals surface area contributed by atoms with Gasteiger partial charge in [-0.2, -0.15) is 0 Å². The highest BCUT2D eigenvalue weighted by molar-refractivity contribution is 5.87. The minimum atomic E-state index is -0.836. The first kappa shape index (κ1) is 29.2. The predicted octanol–water partition coefficient (Wildman–Crippen LogP) is 4.92. The van der Waals surface area contributed by atoms with Crippen molar-refractivity contribution in [2.45, 2.75) is 97.8 Å². The van der Waals surface area contributed by atoms with Crippen molar-refractivity contribution >= 4 is 23.5 Å². The summed E-state index contributed by atoms with van der Waals surface area (Å²) < 4.78 is 11.0. The third-order valence-electron chi connectivity index (χ3n) is 6.37. The van der Waals surface area contributed by atoms with E-state index in [1.165, 1.54) is 46.0 Å². The van der Waals surface area contributed by atoms with Gasteiger partial charge in [0.25, 0.3) is 0 Å². The summed E-state index contributed by atoms with van der Waals surface area (Å²) in [4.78, 5) is 38.8. The number of hydrogen-bond donors (Lipinski definition) is 1. The number of hydrogen-bond acceptors (Lipinski definition) is 6. The van der Waals surface area contributed by atoms with E-state index in [0.29, 0.717) is 0 Å².